The minimum absolute atomic E-state index is 0.216. The molecular weight excluding hydrogens is 454 g/mol. The lowest BCUT2D eigenvalue weighted by atomic mass is 10.2. The Bertz CT molecular complexity index is 1450. The molecule has 2 aromatic carbocycles. The lowest BCUT2D eigenvalue weighted by Gasteiger charge is -2.28. The van der Waals surface area contributed by atoms with Gasteiger partial charge in [0.25, 0.3) is 0 Å². The van der Waals surface area contributed by atoms with Gasteiger partial charge in [0.2, 0.25) is 5.95 Å². The van der Waals surface area contributed by atoms with E-state index >= 15 is 0 Å². The normalized spacial score (nSPS) is 14.1. The molecule has 0 spiro atoms. The zero-order valence-electron chi connectivity index (χ0n) is 20.4. The highest BCUT2D eigenvalue weighted by atomic mass is 16.5. The summed E-state index contributed by atoms with van der Waals surface area (Å²) in [6, 6.07) is 16.6. The second kappa shape index (κ2) is 9.46. The smallest absolute Gasteiger partial charge is 0.231 e. The van der Waals surface area contributed by atoms with Crippen molar-refractivity contribution >= 4 is 45.3 Å². The maximum absolute atomic E-state index is 5.46. The summed E-state index contributed by atoms with van der Waals surface area (Å²) in [6.07, 6.45) is 1.82. The van der Waals surface area contributed by atoms with E-state index < -0.39 is 0 Å². The number of H-pyrrole nitrogens is 1. The van der Waals surface area contributed by atoms with Gasteiger partial charge in [-0.25, -0.2) is 9.97 Å². The number of imidazole rings is 2. The van der Waals surface area contributed by atoms with E-state index in [4.69, 9.17) is 14.7 Å². The van der Waals surface area contributed by atoms with Crippen LogP contribution in [-0.4, -0.2) is 55.8 Å². The van der Waals surface area contributed by atoms with Gasteiger partial charge < -0.3 is 29.8 Å². The molecule has 184 valence electrons. The Balaban J connectivity index is 1.27. The van der Waals surface area contributed by atoms with Crippen molar-refractivity contribution in [3.8, 4) is 0 Å². The fourth-order valence-electron chi connectivity index (χ4n) is 4.44. The molecule has 0 atom stereocenters. The standard InChI is InChI=1S/C26H29N9O/c1-17(2)35-16-28-23-24(27-15-22-30-20-5-3-4-6-21(20)31-22)32-26(33-25(23)35)29-18-7-9-19(10-8-18)34-11-13-36-14-12-34/h3-10,16-17H,11-15H2,1-2H3,(H,30,31)(H2,27,29,32,33). The van der Waals surface area contributed by atoms with Crippen LogP contribution in [0.25, 0.3) is 22.2 Å². The number of nitrogens with zero attached hydrogens (tertiary/aromatic N) is 6. The summed E-state index contributed by atoms with van der Waals surface area (Å²) in [6.45, 7) is 8.06. The molecule has 0 aliphatic carbocycles. The van der Waals surface area contributed by atoms with Crippen molar-refractivity contribution in [2.24, 2.45) is 0 Å². The maximum Gasteiger partial charge on any atom is 0.231 e. The topological polar surface area (TPSA) is 109 Å². The van der Waals surface area contributed by atoms with E-state index in [1.807, 2.05) is 30.6 Å². The molecule has 36 heavy (non-hydrogen) atoms. The van der Waals surface area contributed by atoms with Gasteiger partial charge in [-0.05, 0) is 50.2 Å². The number of aromatic nitrogens is 6. The molecule has 3 aromatic heterocycles. The van der Waals surface area contributed by atoms with Crippen molar-refractivity contribution in [3.63, 3.8) is 0 Å². The lowest BCUT2D eigenvalue weighted by molar-refractivity contribution is 0.122. The summed E-state index contributed by atoms with van der Waals surface area (Å²) >= 11 is 0. The van der Waals surface area contributed by atoms with Crippen molar-refractivity contribution in [1.82, 2.24) is 29.5 Å². The molecule has 1 aliphatic heterocycles. The van der Waals surface area contributed by atoms with Gasteiger partial charge in [0, 0.05) is 30.5 Å². The Morgan fingerprint density at radius 2 is 1.81 bits per heavy atom. The fourth-order valence-corrected chi connectivity index (χ4v) is 4.44. The molecule has 5 aromatic rings. The number of fused-ring (bicyclic) bond motifs is 2. The van der Waals surface area contributed by atoms with Crippen molar-refractivity contribution in [3.05, 3.63) is 60.7 Å². The SMILES string of the molecule is CC(C)n1cnc2c(NCc3nc4ccccc4[nH]3)nc(Nc3ccc(N4CCOCC4)cc3)nc21. The number of nitrogens with one attached hydrogen (secondary N) is 3. The summed E-state index contributed by atoms with van der Waals surface area (Å²) in [5.41, 5.74) is 5.56. The third-order valence-corrected chi connectivity index (χ3v) is 6.34. The number of ether oxygens (including phenoxy) is 1. The summed E-state index contributed by atoms with van der Waals surface area (Å²) in [5.74, 6) is 2.00. The first-order valence-electron chi connectivity index (χ1n) is 12.3. The Kier molecular flexibility index (Phi) is 5.86. The van der Waals surface area contributed by atoms with Crippen molar-refractivity contribution in [2.45, 2.75) is 26.4 Å². The third kappa shape index (κ3) is 4.42. The molecule has 1 saturated heterocycles. The maximum atomic E-state index is 5.46. The van der Waals surface area contributed by atoms with Crippen LogP contribution in [0, 0.1) is 0 Å². The molecule has 10 nitrogen and oxygen atoms in total. The van der Waals surface area contributed by atoms with Crippen LogP contribution in [-0.2, 0) is 11.3 Å². The minimum Gasteiger partial charge on any atom is -0.378 e. The van der Waals surface area contributed by atoms with Crippen LogP contribution in [0.2, 0.25) is 0 Å². The third-order valence-electron chi connectivity index (χ3n) is 6.34. The van der Waals surface area contributed by atoms with Gasteiger partial charge in [-0.1, -0.05) is 12.1 Å². The van der Waals surface area contributed by atoms with Gasteiger partial charge in [0.15, 0.2) is 17.0 Å². The van der Waals surface area contributed by atoms with Gasteiger partial charge in [-0.3, -0.25) is 0 Å². The molecule has 3 N–H and O–H groups in total. The van der Waals surface area contributed by atoms with E-state index in [2.05, 4.69) is 73.2 Å². The second-order valence-corrected chi connectivity index (χ2v) is 9.14. The van der Waals surface area contributed by atoms with Crippen LogP contribution in [0.15, 0.2) is 54.9 Å². The zero-order valence-corrected chi connectivity index (χ0v) is 20.4. The summed E-state index contributed by atoms with van der Waals surface area (Å²) in [4.78, 5) is 24.5. The molecule has 6 rings (SSSR count). The number of morpholine rings is 1. The first-order valence-corrected chi connectivity index (χ1v) is 12.3. The quantitative estimate of drug-likeness (QED) is 0.311. The van der Waals surface area contributed by atoms with Crippen molar-refractivity contribution in [1.29, 1.82) is 0 Å². The zero-order chi connectivity index (χ0) is 24.5. The molecule has 0 amide bonds. The Morgan fingerprint density at radius 1 is 1.00 bits per heavy atom. The minimum atomic E-state index is 0.216. The highest BCUT2D eigenvalue weighted by Gasteiger charge is 2.16. The predicted octanol–water partition coefficient (Wildman–Crippen LogP) is 4.48. The molecule has 1 aliphatic rings. The number of hydrogen-bond donors (Lipinski definition) is 3. The monoisotopic (exact) mass is 483 g/mol. The van der Waals surface area contributed by atoms with Crippen LogP contribution < -0.4 is 15.5 Å². The Morgan fingerprint density at radius 3 is 2.58 bits per heavy atom. The molecule has 0 saturated carbocycles. The number of aromatic amines is 1. The van der Waals surface area contributed by atoms with Crippen LogP contribution in [0.1, 0.15) is 25.7 Å². The van der Waals surface area contributed by atoms with Crippen LogP contribution >= 0.6 is 0 Å². The van der Waals surface area contributed by atoms with E-state index in [1.165, 1.54) is 5.69 Å². The molecule has 0 bridgehead atoms. The van der Waals surface area contributed by atoms with Crippen molar-refractivity contribution < 1.29 is 4.74 Å². The largest absolute Gasteiger partial charge is 0.378 e. The van der Waals surface area contributed by atoms with E-state index in [-0.39, 0.29) is 6.04 Å². The number of hydrogen-bond acceptors (Lipinski definition) is 8. The van der Waals surface area contributed by atoms with Crippen molar-refractivity contribution in [2.75, 3.05) is 41.8 Å². The Hall–Kier alpha value is -4.18. The molecule has 1 fully saturated rings. The average Bonchev–Trinajstić information content (AvgIpc) is 3.52. The van der Waals surface area contributed by atoms with E-state index in [0.717, 1.165) is 60.0 Å². The van der Waals surface area contributed by atoms with E-state index in [9.17, 15) is 0 Å². The first-order chi connectivity index (χ1) is 17.6. The van der Waals surface area contributed by atoms with Crippen LogP contribution in [0.5, 0.6) is 0 Å². The first kappa shape index (κ1) is 22.3. The van der Waals surface area contributed by atoms with E-state index in [1.54, 1.807) is 0 Å². The number of benzene rings is 2. The van der Waals surface area contributed by atoms with E-state index in [0.29, 0.717) is 18.3 Å². The summed E-state index contributed by atoms with van der Waals surface area (Å²) < 4.78 is 7.52. The highest BCUT2D eigenvalue weighted by molar-refractivity contribution is 5.85. The summed E-state index contributed by atoms with van der Waals surface area (Å²) in [7, 11) is 0. The highest BCUT2D eigenvalue weighted by Crippen LogP contribution is 2.26. The number of para-hydroxylation sites is 2. The number of anilines is 4. The molecule has 0 radical (unpaired) electrons. The van der Waals surface area contributed by atoms with Gasteiger partial charge >= 0.3 is 0 Å². The van der Waals surface area contributed by atoms with Crippen LogP contribution in [0.4, 0.5) is 23.1 Å². The second-order valence-electron chi connectivity index (χ2n) is 9.14. The van der Waals surface area contributed by atoms with Gasteiger partial charge in [0.05, 0.1) is 37.1 Å². The molecule has 0 unspecified atom stereocenters. The predicted molar refractivity (Wildman–Crippen MR) is 142 cm³/mol. The van der Waals surface area contributed by atoms with Crippen LogP contribution in [0.3, 0.4) is 0 Å². The van der Waals surface area contributed by atoms with Gasteiger partial charge in [-0.2, -0.15) is 9.97 Å². The lowest BCUT2D eigenvalue weighted by Crippen LogP contribution is -2.36. The average molecular weight is 484 g/mol. The Labute approximate surface area is 208 Å². The fraction of sp³-hybridized carbons (Fsp3) is 0.308. The summed E-state index contributed by atoms with van der Waals surface area (Å²) in [5, 5.41) is 6.79. The van der Waals surface area contributed by atoms with Gasteiger partial charge in [-0.15, -0.1) is 0 Å². The molecular formula is C26H29N9O. The molecule has 4 heterocycles. The molecule has 10 heteroatoms. The number of rotatable bonds is 7. The van der Waals surface area contributed by atoms with Gasteiger partial charge in [0.1, 0.15) is 5.82 Å².